The van der Waals surface area contributed by atoms with Gasteiger partial charge in [0.05, 0.1) is 34.6 Å². The van der Waals surface area contributed by atoms with E-state index in [0.717, 1.165) is 27.7 Å². The fourth-order valence-corrected chi connectivity index (χ4v) is 4.39. The number of anilines is 3. The Kier molecular flexibility index (Phi) is 6.63. The molecular formula is C24H19F3N6O3S. The lowest BCUT2D eigenvalue weighted by molar-refractivity contribution is -0.137. The van der Waals surface area contributed by atoms with Crippen molar-refractivity contribution in [1.82, 2.24) is 15.0 Å². The van der Waals surface area contributed by atoms with Crippen LogP contribution in [0.5, 0.6) is 11.8 Å². The van der Waals surface area contributed by atoms with Gasteiger partial charge in [-0.15, -0.1) is 0 Å². The molecule has 37 heavy (non-hydrogen) atoms. The largest absolute Gasteiger partial charge is 0.424 e. The van der Waals surface area contributed by atoms with E-state index in [1.165, 1.54) is 35.9 Å². The van der Waals surface area contributed by atoms with Gasteiger partial charge in [-0.25, -0.2) is 19.7 Å². The fourth-order valence-electron chi connectivity index (χ4n) is 3.45. The normalized spacial score (nSPS) is 13.7. The van der Waals surface area contributed by atoms with Crippen molar-refractivity contribution >= 4 is 33.9 Å². The van der Waals surface area contributed by atoms with Crippen LogP contribution in [0.1, 0.15) is 5.56 Å². The second-order valence-corrected chi connectivity index (χ2v) is 9.11. The standard InChI is InChI=1S/C24H19F3N6O3S/c25-24(26,27)15-2-1-3-16(8-15)31-21(35)32-17-9-28-22(29-10-17)36-19-6-4-14(5-7-19)20-11-30-23(37-20)33-12-18(34)13-33/h1-11,18,34H,12-13H2,(H2,31,32,35). The van der Waals surface area contributed by atoms with E-state index in [1.807, 2.05) is 17.0 Å². The second-order valence-electron chi connectivity index (χ2n) is 8.10. The quantitative estimate of drug-likeness (QED) is 0.314. The lowest BCUT2D eigenvalue weighted by Gasteiger charge is -2.35. The van der Waals surface area contributed by atoms with E-state index < -0.39 is 17.8 Å². The predicted octanol–water partition coefficient (Wildman–Crippen LogP) is 5.24. The summed E-state index contributed by atoms with van der Waals surface area (Å²) in [6.07, 6.45) is -0.389. The number of rotatable bonds is 6. The summed E-state index contributed by atoms with van der Waals surface area (Å²) < 4.78 is 44.1. The van der Waals surface area contributed by atoms with Crippen molar-refractivity contribution < 1.29 is 27.8 Å². The SMILES string of the molecule is O=C(Nc1cnc(Oc2ccc(-c3cnc(N4CC(O)C4)s3)cc2)nc1)Nc1cccc(C(F)(F)F)c1. The monoisotopic (exact) mass is 528 g/mol. The molecular weight excluding hydrogens is 509 g/mol. The molecule has 1 saturated heterocycles. The van der Waals surface area contributed by atoms with Gasteiger partial charge in [0.15, 0.2) is 5.13 Å². The number of ether oxygens (including phenoxy) is 1. The molecule has 4 aromatic rings. The Balaban J connectivity index is 1.15. The number of hydrogen-bond acceptors (Lipinski definition) is 8. The molecule has 1 aliphatic rings. The number of aromatic nitrogens is 3. The van der Waals surface area contributed by atoms with Crippen molar-refractivity contribution in [3.63, 3.8) is 0 Å². The molecule has 0 aliphatic carbocycles. The Bertz CT molecular complexity index is 1390. The maximum atomic E-state index is 12.8. The fraction of sp³-hybridized carbons (Fsp3) is 0.167. The number of hydrogen-bond donors (Lipinski definition) is 3. The van der Waals surface area contributed by atoms with Gasteiger partial charge in [-0.1, -0.05) is 17.4 Å². The zero-order valence-electron chi connectivity index (χ0n) is 18.9. The molecule has 3 heterocycles. The van der Waals surface area contributed by atoms with Crippen molar-refractivity contribution in [3.05, 3.63) is 72.7 Å². The molecule has 0 radical (unpaired) electrons. The maximum Gasteiger partial charge on any atom is 0.416 e. The molecule has 1 fully saturated rings. The lowest BCUT2D eigenvalue weighted by atomic mass is 10.2. The van der Waals surface area contributed by atoms with Crippen molar-refractivity contribution in [1.29, 1.82) is 0 Å². The molecule has 190 valence electrons. The summed E-state index contributed by atoms with van der Waals surface area (Å²) in [6, 6.07) is 10.9. The van der Waals surface area contributed by atoms with Crippen LogP contribution in [0.3, 0.4) is 0 Å². The Morgan fingerprint density at radius 3 is 2.38 bits per heavy atom. The highest BCUT2D eigenvalue weighted by atomic mass is 32.1. The number of urea groups is 1. The molecule has 0 unspecified atom stereocenters. The Morgan fingerprint density at radius 2 is 1.70 bits per heavy atom. The van der Waals surface area contributed by atoms with E-state index in [1.54, 1.807) is 18.3 Å². The third kappa shape index (κ3) is 5.95. The Hall–Kier alpha value is -4.23. The number of alkyl halides is 3. The zero-order chi connectivity index (χ0) is 26.0. The summed E-state index contributed by atoms with van der Waals surface area (Å²) in [6.45, 7) is 1.18. The van der Waals surface area contributed by atoms with Crippen LogP contribution < -0.4 is 20.3 Å². The summed E-state index contributed by atoms with van der Waals surface area (Å²) in [5, 5.41) is 15.1. The van der Waals surface area contributed by atoms with Crippen molar-refractivity contribution in [2.75, 3.05) is 28.6 Å². The predicted molar refractivity (Wildman–Crippen MR) is 132 cm³/mol. The summed E-state index contributed by atoms with van der Waals surface area (Å²) in [7, 11) is 0. The number of carbonyl (C=O) groups is 1. The zero-order valence-corrected chi connectivity index (χ0v) is 19.8. The number of aliphatic hydroxyl groups is 1. The first kappa shape index (κ1) is 24.5. The number of amides is 2. The first-order chi connectivity index (χ1) is 17.7. The van der Waals surface area contributed by atoms with Crippen LogP contribution in [0.15, 0.2) is 67.1 Å². The summed E-state index contributed by atoms with van der Waals surface area (Å²) in [5.74, 6) is 0.502. The van der Waals surface area contributed by atoms with Crippen LogP contribution in [-0.2, 0) is 6.18 Å². The molecule has 0 spiro atoms. The van der Waals surface area contributed by atoms with Gasteiger partial charge in [0.25, 0.3) is 0 Å². The van der Waals surface area contributed by atoms with Crippen molar-refractivity contribution in [2.24, 2.45) is 0 Å². The second kappa shape index (κ2) is 10.0. The van der Waals surface area contributed by atoms with E-state index in [2.05, 4.69) is 25.6 Å². The minimum Gasteiger partial charge on any atom is -0.424 e. The third-order valence-electron chi connectivity index (χ3n) is 5.31. The average molecular weight is 529 g/mol. The van der Waals surface area contributed by atoms with Crippen molar-refractivity contribution in [3.8, 4) is 22.2 Å². The molecule has 2 amide bonds. The van der Waals surface area contributed by atoms with Crippen LogP contribution in [0.4, 0.5) is 34.5 Å². The highest BCUT2D eigenvalue weighted by Crippen LogP contribution is 2.34. The van der Waals surface area contributed by atoms with E-state index in [9.17, 15) is 23.1 Å². The molecule has 0 bridgehead atoms. The van der Waals surface area contributed by atoms with Gasteiger partial charge in [0.1, 0.15) is 5.75 Å². The smallest absolute Gasteiger partial charge is 0.416 e. The van der Waals surface area contributed by atoms with E-state index in [-0.39, 0.29) is 23.5 Å². The summed E-state index contributed by atoms with van der Waals surface area (Å²) in [4.78, 5) is 27.6. The number of nitrogens with one attached hydrogen (secondary N) is 2. The van der Waals surface area contributed by atoms with Gasteiger partial charge in [-0.3, -0.25) is 0 Å². The van der Waals surface area contributed by atoms with Crippen LogP contribution in [0, 0.1) is 0 Å². The van der Waals surface area contributed by atoms with E-state index in [0.29, 0.717) is 18.8 Å². The van der Waals surface area contributed by atoms with Gasteiger partial charge in [-0.05, 0) is 48.0 Å². The number of halogens is 3. The topological polar surface area (TPSA) is 112 Å². The highest BCUT2D eigenvalue weighted by Gasteiger charge is 2.30. The molecule has 1 aliphatic heterocycles. The number of aliphatic hydroxyl groups excluding tert-OH is 1. The molecule has 2 aromatic heterocycles. The Labute approximate surface area is 212 Å². The van der Waals surface area contributed by atoms with E-state index >= 15 is 0 Å². The van der Waals surface area contributed by atoms with E-state index in [4.69, 9.17) is 4.74 Å². The third-order valence-corrected chi connectivity index (χ3v) is 6.42. The molecule has 9 nitrogen and oxygen atoms in total. The van der Waals surface area contributed by atoms with Gasteiger partial charge in [0, 0.05) is 25.0 Å². The molecule has 0 saturated carbocycles. The molecule has 3 N–H and O–H groups in total. The molecule has 0 atom stereocenters. The highest BCUT2D eigenvalue weighted by molar-refractivity contribution is 7.18. The minimum atomic E-state index is -4.51. The van der Waals surface area contributed by atoms with Crippen LogP contribution in [-0.4, -0.2) is 45.3 Å². The van der Waals surface area contributed by atoms with Gasteiger partial charge < -0.3 is 25.4 Å². The molecule has 2 aromatic carbocycles. The average Bonchev–Trinajstić information content (AvgIpc) is 3.33. The number of carbonyl (C=O) groups excluding carboxylic acids is 1. The van der Waals surface area contributed by atoms with Crippen molar-refractivity contribution in [2.45, 2.75) is 12.3 Å². The summed E-state index contributed by atoms with van der Waals surface area (Å²) >= 11 is 1.54. The Morgan fingerprint density at radius 1 is 1.00 bits per heavy atom. The number of thiazole rings is 1. The van der Waals surface area contributed by atoms with Crippen LogP contribution in [0.2, 0.25) is 0 Å². The van der Waals surface area contributed by atoms with Crippen LogP contribution in [0.25, 0.3) is 10.4 Å². The van der Waals surface area contributed by atoms with Crippen LogP contribution >= 0.6 is 11.3 Å². The van der Waals surface area contributed by atoms with Gasteiger partial charge in [-0.2, -0.15) is 13.2 Å². The maximum absolute atomic E-state index is 12.8. The first-order valence-electron chi connectivity index (χ1n) is 11.0. The molecule has 5 rings (SSSR count). The number of benzene rings is 2. The van der Waals surface area contributed by atoms with Gasteiger partial charge >= 0.3 is 18.2 Å². The summed E-state index contributed by atoms with van der Waals surface area (Å²) in [5.41, 5.74) is 0.310. The minimum absolute atomic E-state index is 0.00876. The first-order valence-corrected chi connectivity index (χ1v) is 11.8. The number of nitrogens with zero attached hydrogens (tertiary/aromatic N) is 4. The lowest BCUT2D eigenvalue weighted by Crippen LogP contribution is -2.50. The molecule has 13 heteroatoms. The van der Waals surface area contributed by atoms with Gasteiger partial charge in [0.2, 0.25) is 0 Å². The number of β-amino-alcohol motifs (C(OH)–C–C–N with tert-alkyl or cyclic N) is 1.